The van der Waals surface area contributed by atoms with E-state index in [-0.39, 0.29) is 47.5 Å². The van der Waals surface area contributed by atoms with Gasteiger partial charge in [0.2, 0.25) is 0 Å². The van der Waals surface area contributed by atoms with Crippen LogP contribution in [-0.4, -0.2) is 35.5 Å². The van der Waals surface area contributed by atoms with Crippen LogP contribution < -0.4 is 5.73 Å². The molecule has 10 heteroatoms. The summed E-state index contributed by atoms with van der Waals surface area (Å²) in [5.74, 6) is 0.730. The Labute approximate surface area is 199 Å². The monoisotopic (exact) mass is 650 g/mol. The second-order valence-corrected chi connectivity index (χ2v) is 8.14. The number of aromatic nitrogens is 2. The molecule has 1 aromatic carbocycles. The smallest absolute Gasteiger partial charge is 0.422 e. The topological polar surface area (TPSA) is 132 Å². The average Bonchev–Trinajstić information content (AvgIpc) is 3.08. The summed E-state index contributed by atoms with van der Waals surface area (Å²) in [7, 11) is -4.07. The van der Waals surface area contributed by atoms with Crippen LogP contribution in [0.4, 0.5) is 5.82 Å². The quantitative estimate of drug-likeness (QED) is 0.321. The third-order valence-corrected chi connectivity index (χ3v) is 5.58. The minimum Gasteiger partial charge on any atom is -0.422 e. The van der Waals surface area contributed by atoms with Gasteiger partial charge in [0.1, 0.15) is 5.82 Å². The number of nitrogen functional groups attached to an aromatic ring is 1. The summed E-state index contributed by atoms with van der Waals surface area (Å²) in [6, 6.07) is 8.08. The predicted molar refractivity (Wildman–Crippen MR) is 110 cm³/mol. The Morgan fingerprint density at radius 1 is 1.23 bits per heavy atom. The summed E-state index contributed by atoms with van der Waals surface area (Å²) >= 11 is 0. The molecule has 2 aromatic heterocycles. The molecule has 0 radical (unpaired) electrons. The second-order valence-electron chi connectivity index (χ2n) is 6.54. The van der Waals surface area contributed by atoms with Gasteiger partial charge < -0.3 is 29.2 Å². The molecule has 0 spiro atoms. The molecule has 3 aromatic rings. The minimum absolute atomic E-state index is 0. The van der Waals surface area contributed by atoms with E-state index in [9.17, 15) is 13.5 Å². The molecule has 1 atom stereocenters. The van der Waals surface area contributed by atoms with Crippen molar-refractivity contribution in [1.29, 1.82) is 0 Å². The fraction of sp³-hybridized carbons (Fsp3) is 0.150. The normalized spacial score (nSPS) is 13.0. The van der Waals surface area contributed by atoms with Crippen molar-refractivity contribution >= 4 is 21.6 Å². The summed E-state index contributed by atoms with van der Waals surface area (Å²) in [4.78, 5) is 4.16. The third-order valence-electron chi connectivity index (χ3n) is 4.25. The number of anilines is 1. The number of nitrogens with zero attached hydrogens (tertiary/aromatic N) is 3. The molecule has 0 aliphatic rings. The molecule has 8 nitrogen and oxygen atoms in total. The summed E-state index contributed by atoms with van der Waals surface area (Å²) in [6.07, 6.45) is 0.236. The molecular formula is C20H20N4O4SU. The van der Waals surface area contributed by atoms with Crippen molar-refractivity contribution in [2.75, 3.05) is 5.73 Å². The Balaban J connectivity index is 0.00000320. The number of nitrogens with two attached hydrogens (primary N) is 1. The molecule has 0 fully saturated rings. The van der Waals surface area contributed by atoms with Crippen LogP contribution in [0.1, 0.15) is 11.3 Å². The van der Waals surface area contributed by atoms with E-state index >= 15 is 0 Å². The van der Waals surface area contributed by atoms with Gasteiger partial charge >= 0.3 is 31.1 Å². The molecule has 0 aliphatic carbocycles. The number of pyridine rings is 1. The third kappa shape index (κ3) is 5.13. The number of benzene rings is 1. The van der Waals surface area contributed by atoms with Gasteiger partial charge in [-0.3, -0.25) is 0 Å². The van der Waals surface area contributed by atoms with Gasteiger partial charge in [0.15, 0.2) is 5.76 Å². The molecule has 0 bridgehead atoms. The average molecular weight is 651 g/mol. The van der Waals surface area contributed by atoms with Gasteiger partial charge in [-0.15, -0.1) is 5.71 Å². The van der Waals surface area contributed by atoms with Gasteiger partial charge in [-0.2, -0.15) is 8.42 Å². The summed E-state index contributed by atoms with van der Waals surface area (Å²) in [5.41, 5.74) is 9.09. The van der Waals surface area contributed by atoms with Gasteiger partial charge in [-0.25, -0.2) is 9.38 Å². The number of hydrogen-bond acceptors (Lipinski definition) is 7. The first-order chi connectivity index (χ1) is 13.6. The zero-order chi connectivity index (χ0) is 21.3. The maximum absolute atomic E-state index is 12.6. The number of aliphatic hydroxyl groups is 1. The molecule has 0 aliphatic heterocycles. The van der Waals surface area contributed by atoms with E-state index in [4.69, 9.17) is 10.3 Å². The Morgan fingerprint density at radius 3 is 2.53 bits per heavy atom. The maximum Gasteiger partial charge on any atom is 2.00 e. The van der Waals surface area contributed by atoms with Crippen LogP contribution in [0.2, 0.25) is 0 Å². The molecule has 0 unspecified atom stereocenters. The maximum atomic E-state index is 12.6. The SMILES string of the molecule is [CH2-]C(=NS(=O)(=O)c1ccc(C)c(-c2cnc(N)c(-c3cc(C)no3)c2)c1)[C@@H]([CH2-])O.[U+2]. The van der Waals surface area contributed by atoms with Crippen LogP contribution in [0.3, 0.4) is 0 Å². The Hall–Kier alpha value is -2.12. The van der Waals surface area contributed by atoms with Crippen molar-refractivity contribution in [3.05, 3.63) is 61.6 Å². The summed E-state index contributed by atoms with van der Waals surface area (Å²) in [5, 5.41) is 13.2. The number of hydrogen-bond donors (Lipinski definition) is 2. The van der Waals surface area contributed by atoms with Crippen LogP contribution in [0.25, 0.3) is 22.5 Å². The van der Waals surface area contributed by atoms with Crippen molar-refractivity contribution < 1.29 is 49.2 Å². The van der Waals surface area contributed by atoms with Gasteiger partial charge in [0, 0.05) is 17.8 Å². The molecule has 0 saturated carbocycles. The molecule has 3 rings (SSSR count). The molecule has 0 saturated heterocycles. The zero-order valence-electron chi connectivity index (χ0n) is 16.5. The fourth-order valence-corrected chi connectivity index (χ4v) is 3.69. The van der Waals surface area contributed by atoms with Crippen molar-refractivity contribution in [3.8, 4) is 22.5 Å². The molecule has 30 heavy (non-hydrogen) atoms. The van der Waals surface area contributed by atoms with Crippen LogP contribution in [0.5, 0.6) is 0 Å². The van der Waals surface area contributed by atoms with Gasteiger partial charge in [0.05, 0.1) is 16.2 Å². The first-order valence-corrected chi connectivity index (χ1v) is 10.0. The second kappa shape index (κ2) is 9.35. The Kier molecular flexibility index (Phi) is 7.53. The van der Waals surface area contributed by atoms with E-state index in [1.54, 1.807) is 31.3 Å². The van der Waals surface area contributed by atoms with E-state index in [1.807, 2.05) is 6.92 Å². The summed E-state index contributed by atoms with van der Waals surface area (Å²) in [6.45, 7) is 10.4. The van der Waals surface area contributed by atoms with E-state index in [0.717, 1.165) is 5.56 Å². The molecule has 0 amide bonds. The van der Waals surface area contributed by atoms with Gasteiger partial charge in [0.25, 0.3) is 10.0 Å². The van der Waals surface area contributed by atoms with Crippen molar-refractivity contribution in [1.82, 2.24) is 10.1 Å². The van der Waals surface area contributed by atoms with Crippen LogP contribution >= 0.6 is 0 Å². The Morgan fingerprint density at radius 2 is 1.93 bits per heavy atom. The van der Waals surface area contributed by atoms with E-state index < -0.39 is 16.1 Å². The van der Waals surface area contributed by atoms with Gasteiger partial charge in [-0.05, 0) is 43.2 Å². The van der Waals surface area contributed by atoms with Crippen LogP contribution in [-0.2, 0) is 10.0 Å². The molecular weight excluding hydrogens is 630 g/mol. The fourth-order valence-electron chi connectivity index (χ4n) is 2.65. The van der Waals surface area contributed by atoms with Crippen molar-refractivity contribution in [3.63, 3.8) is 0 Å². The predicted octanol–water partition coefficient (Wildman–Crippen LogP) is 2.76. The largest absolute Gasteiger partial charge is 2.00 e. The van der Waals surface area contributed by atoms with E-state index in [0.29, 0.717) is 28.1 Å². The number of sulfonamides is 1. The van der Waals surface area contributed by atoms with Gasteiger partial charge in [-0.1, -0.05) is 17.3 Å². The summed E-state index contributed by atoms with van der Waals surface area (Å²) < 4.78 is 33.9. The molecule has 3 N–H and O–H groups in total. The van der Waals surface area contributed by atoms with E-state index in [1.165, 1.54) is 12.1 Å². The minimum atomic E-state index is -4.07. The van der Waals surface area contributed by atoms with Crippen molar-refractivity contribution in [2.24, 2.45) is 4.40 Å². The number of aliphatic hydroxyl groups excluding tert-OH is 1. The van der Waals surface area contributed by atoms with Crippen LogP contribution in [0, 0.1) is 58.8 Å². The number of aryl methyl sites for hydroxylation is 2. The molecule has 154 valence electrons. The Bertz CT molecular complexity index is 1200. The van der Waals surface area contributed by atoms with Crippen molar-refractivity contribution in [2.45, 2.75) is 24.8 Å². The van der Waals surface area contributed by atoms with Crippen LogP contribution in [0.15, 0.2) is 50.3 Å². The standard InChI is InChI=1S/C20H20N4O4S.U/c1-11-5-6-16(29(26,27)24-13(3)14(4)25)9-17(11)15-8-18(20(21)22-10-15)19-7-12(2)23-28-19;/h5-10,14,25H,3-4H2,1-2H3,(H2,21,22);/q-2;+2/t14-;/m1./s1. The first kappa shape index (κ1) is 24.2. The number of rotatable bonds is 5. The first-order valence-electron chi connectivity index (χ1n) is 8.56. The van der Waals surface area contributed by atoms with E-state index in [2.05, 4.69) is 28.4 Å². The zero-order valence-corrected chi connectivity index (χ0v) is 21.4. The molecule has 2 heterocycles.